The molecule has 1 amide bonds. The Balaban J connectivity index is 2.34. The van der Waals surface area contributed by atoms with E-state index in [1.165, 1.54) is 30.3 Å². The number of non-ortho nitro benzene ring substituents is 1. The Hall–Kier alpha value is -2.99. The van der Waals surface area contributed by atoms with Crippen LogP contribution in [-0.2, 0) is 24.7 Å². The van der Waals surface area contributed by atoms with Gasteiger partial charge in [0.25, 0.3) is 5.69 Å². The Labute approximate surface area is 187 Å². The molecule has 2 aromatic rings. The van der Waals surface area contributed by atoms with Gasteiger partial charge in [0.05, 0.1) is 27.8 Å². The van der Waals surface area contributed by atoms with Crippen molar-refractivity contribution in [2.24, 2.45) is 0 Å². The zero-order valence-corrected chi connectivity index (χ0v) is 19.7. The van der Waals surface area contributed by atoms with Gasteiger partial charge in [-0.05, 0) is 37.1 Å². The van der Waals surface area contributed by atoms with Crippen LogP contribution in [0.4, 0.5) is 11.4 Å². The molecule has 32 heavy (non-hydrogen) atoms. The summed E-state index contributed by atoms with van der Waals surface area (Å²) in [5.74, 6) is -0.593. The number of sulfone groups is 1. The van der Waals surface area contributed by atoms with Gasteiger partial charge < -0.3 is 5.32 Å². The van der Waals surface area contributed by atoms with Crippen LogP contribution in [0.15, 0.2) is 53.4 Å². The fourth-order valence-electron chi connectivity index (χ4n) is 3.20. The number of benzene rings is 2. The van der Waals surface area contributed by atoms with Crippen LogP contribution >= 0.6 is 0 Å². The van der Waals surface area contributed by atoms with Gasteiger partial charge >= 0.3 is 0 Å². The highest BCUT2D eigenvalue weighted by atomic mass is 32.2. The minimum Gasteiger partial charge on any atom is -0.348 e. The van der Waals surface area contributed by atoms with Gasteiger partial charge in [-0.25, -0.2) is 16.8 Å². The number of nitro benzene ring substituents is 1. The highest BCUT2D eigenvalue weighted by Crippen LogP contribution is 2.27. The standard InChI is InChI=1S/C20H25N3O7S2/c1-5-19(22(32(4,29)30)16-7-6-8-17(13-16)23(25)26)20(24)21-14(2)15-9-11-18(12-10-15)31(3,27)28/h6-14,19H,5H2,1-4H3,(H,21,24)/t14-,19+/m0/s1. The molecule has 0 aliphatic carbocycles. The highest BCUT2D eigenvalue weighted by molar-refractivity contribution is 7.92. The van der Waals surface area contributed by atoms with Crippen molar-refractivity contribution in [1.82, 2.24) is 5.32 Å². The molecule has 0 fully saturated rings. The predicted octanol–water partition coefficient (Wildman–Crippen LogP) is 2.42. The first-order chi connectivity index (χ1) is 14.8. The second-order valence-corrected chi connectivity index (χ2v) is 11.2. The molecule has 0 aliphatic heterocycles. The maximum Gasteiger partial charge on any atom is 0.271 e. The summed E-state index contributed by atoms with van der Waals surface area (Å²) in [7, 11) is -7.32. The quantitative estimate of drug-likeness (QED) is 0.426. The van der Waals surface area contributed by atoms with Gasteiger partial charge in [-0.3, -0.25) is 19.2 Å². The molecule has 2 atom stereocenters. The molecule has 0 saturated heterocycles. The number of hydrogen-bond donors (Lipinski definition) is 1. The van der Waals surface area contributed by atoms with Crippen molar-refractivity contribution in [2.45, 2.75) is 37.2 Å². The Morgan fingerprint density at radius 2 is 1.69 bits per heavy atom. The van der Waals surface area contributed by atoms with Crippen LogP contribution in [0.5, 0.6) is 0 Å². The molecule has 0 heterocycles. The minimum absolute atomic E-state index is 0.00820. The first-order valence-corrected chi connectivity index (χ1v) is 13.3. The normalized spacial score (nSPS) is 13.8. The third kappa shape index (κ3) is 6.04. The number of rotatable bonds is 9. The smallest absolute Gasteiger partial charge is 0.271 e. The van der Waals surface area contributed by atoms with Gasteiger partial charge in [-0.2, -0.15) is 0 Å². The second-order valence-electron chi connectivity index (χ2n) is 7.33. The van der Waals surface area contributed by atoms with Crippen LogP contribution in [0.2, 0.25) is 0 Å². The third-order valence-electron chi connectivity index (χ3n) is 4.79. The Kier molecular flexibility index (Phi) is 7.62. The largest absolute Gasteiger partial charge is 0.348 e. The van der Waals surface area contributed by atoms with Crippen molar-refractivity contribution in [2.75, 3.05) is 16.8 Å². The van der Waals surface area contributed by atoms with E-state index in [2.05, 4.69) is 5.32 Å². The summed E-state index contributed by atoms with van der Waals surface area (Å²) in [6, 6.07) is 9.36. The van der Waals surface area contributed by atoms with Crippen molar-refractivity contribution in [3.05, 3.63) is 64.2 Å². The SMILES string of the molecule is CC[C@H](C(=O)N[C@@H](C)c1ccc(S(C)(=O)=O)cc1)N(c1cccc([N+](=O)[O-])c1)S(C)(=O)=O. The molecule has 0 bridgehead atoms. The van der Waals surface area contributed by atoms with Crippen molar-refractivity contribution in [3.8, 4) is 0 Å². The number of nitrogens with zero attached hydrogens (tertiary/aromatic N) is 2. The molecule has 0 radical (unpaired) electrons. The van der Waals surface area contributed by atoms with Gasteiger partial charge in [-0.1, -0.05) is 25.1 Å². The van der Waals surface area contributed by atoms with Crippen molar-refractivity contribution in [1.29, 1.82) is 0 Å². The summed E-state index contributed by atoms with van der Waals surface area (Å²) >= 11 is 0. The number of hydrogen-bond acceptors (Lipinski definition) is 7. The van der Waals surface area contributed by atoms with Gasteiger partial charge in [0.1, 0.15) is 6.04 Å². The van der Waals surface area contributed by atoms with E-state index in [1.54, 1.807) is 26.0 Å². The molecule has 2 rings (SSSR count). The Morgan fingerprint density at radius 1 is 1.09 bits per heavy atom. The number of amides is 1. The van der Waals surface area contributed by atoms with Gasteiger partial charge in [0.2, 0.25) is 15.9 Å². The van der Waals surface area contributed by atoms with Gasteiger partial charge in [0.15, 0.2) is 9.84 Å². The molecule has 10 nitrogen and oxygen atoms in total. The van der Waals surface area contributed by atoms with Crippen molar-refractivity contribution >= 4 is 37.1 Å². The van der Waals surface area contributed by atoms with Crippen LogP contribution in [0.1, 0.15) is 31.9 Å². The Bertz CT molecular complexity index is 1210. The summed E-state index contributed by atoms with van der Waals surface area (Å²) in [4.78, 5) is 23.6. The molecule has 1 N–H and O–H groups in total. The molecule has 12 heteroatoms. The van der Waals surface area contributed by atoms with E-state index < -0.39 is 42.8 Å². The summed E-state index contributed by atoms with van der Waals surface area (Å²) < 4.78 is 49.1. The average Bonchev–Trinajstić information content (AvgIpc) is 2.70. The first-order valence-electron chi connectivity index (χ1n) is 9.60. The van der Waals surface area contributed by atoms with Crippen LogP contribution in [0.3, 0.4) is 0 Å². The third-order valence-corrected chi connectivity index (χ3v) is 7.10. The van der Waals surface area contributed by atoms with E-state index in [0.29, 0.717) is 5.56 Å². The molecule has 174 valence electrons. The van der Waals surface area contributed by atoms with E-state index in [4.69, 9.17) is 0 Å². The fourth-order valence-corrected chi connectivity index (χ4v) is 5.03. The van der Waals surface area contributed by atoms with Crippen LogP contribution in [-0.4, -0.2) is 46.2 Å². The molecule has 0 spiro atoms. The zero-order chi connectivity index (χ0) is 24.3. The molecular weight excluding hydrogens is 458 g/mol. The average molecular weight is 484 g/mol. The number of anilines is 1. The van der Waals surface area contributed by atoms with Gasteiger partial charge in [0, 0.05) is 18.4 Å². The number of nitro groups is 1. The predicted molar refractivity (Wildman–Crippen MR) is 121 cm³/mol. The summed E-state index contributed by atoms with van der Waals surface area (Å²) in [6.07, 6.45) is 2.13. The zero-order valence-electron chi connectivity index (χ0n) is 18.0. The lowest BCUT2D eigenvalue weighted by Gasteiger charge is -2.31. The van der Waals surface area contributed by atoms with Gasteiger partial charge in [-0.15, -0.1) is 0 Å². The molecular formula is C20H25N3O7S2. The maximum absolute atomic E-state index is 13.0. The van der Waals surface area contributed by atoms with Crippen LogP contribution in [0.25, 0.3) is 0 Å². The lowest BCUT2D eigenvalue weighted by Crippen LogP contribution is -2.49. The monoisotopic (exact) mass is 483 g/mol. The molecule has 2 aromatic carbocycles. The maximum atomic E-state index is 13.0. The van der Waals surface area contributed by atoms with Crippen molar-refractivity contribution < 1.29 is 26.6 Å². The van der Waals surface area contributed by atoms with E-state index in [0.717, 1.165) is 22.9 Å². The highest BCUT2D eigenvalue weighted by Gasteiger charge is 2.33. The molecule has 0 unspecified atom stereocenters. The number of nitrogens with one attached hydrogen (secondary N) is 1. The first kappa shape index (κ1) is 25.3. The lowest BCUT2D eigenvalue weighted by molar-refractivity contribution is -0.384. The topological polar surface area (TPSA) is 144 Å². The summed E-state index contributed by atoms with van der Waals surface area (Å²) in [5.41, 5.74) is 0.335. The summed E-state index contributed by atoms with van der Waals surface area (Å²) in [6.45, 7) is 3.31. The number of carbonyl (C=O) groups excluding carboxylic acids is 1. The molecule has 0 aromatic heterocycles. The van der Waals surface area contributed by atoms with E-state index in [9.17, 15) is 31.7 Å². The van der Waals surface area contributed by atoms with Crippen LogP contribution < -0.4 is 9.62 Å². The van der Waals surface area contributed by atoms with E-state index in [1.807, 2.05) is 0 Å². The summed E-state index contributed by atoms with van der Waals surface area (Å²) in [5, 5.41) is 13.8. The fraction of sp³-hybridized carbons (Fsp3) is 0.350. The van der Waals surface area contributed by atoms with Crippen LogP contribution in [0, 0.1) is 10.1 Å². The molecule has 0 aliphatic rings. The lowest BCUT2D eigenvalue weighted by atomic mass is 10.1. The molecule has 0 saturated carbocycles. The number of sulfonamides is 1. The van der Waals surface area contributed by atoms with E-state index >= 15 is 0 Å². The number of carbonyl (C=O) groups is 1. The van der Waals surface area contributed by atoms with Crippen molar-refractivity contribution in [3.63, 3.8) is 0 Å². The van der Waals surface area contributed by atoms with E-state index in [-0.39, 0.29) is 22.7 Å². The second kappa shape index (κ2) is 9.65. The Morgan fingerprint density at radius 3 is 2.16 bits per heavy atom. The minimum atomic E-state index is -3.96.